The van der Waals surface area contributed by atoms with Crippen LogP contribution in [-0.2, 0) is 6.42 Å². The number of hydrogen-bond acceptors (Lipinski definition) is 4. The number of benzene rings is 1. The van der Waals surface area contributed by atoms with E-state index in [0.717, 1.165) is 12.2 Å². The van der Waals surface area contributed by atoms with E-state index in [-0.39, 0.29) is 12.6 Å². The van der Waals surface area contributed by atoms with Crippen molar-refractivity contribution in [3.8, 4) is 5.75 Å². The molecule has 0 aliphatic carbocycles. The second-order valence-electron chi connectivity index (χ2n) is 4.60. The molecule has 1 aromatic rings. The van der Waals surface area contributed by atoms with Crippen LogP contribution in [0.5, 0.6) is 5.75 Å². The Hall–Kier alpha value is -1.10. The van der Waals surface area contributed by atoms with Crippen LogP contribution in [0.4, 0.5) is 0 Å². The monoisotopic (exact) mass is 252 g/mol. The minimum absolute atomic E-state index is 0.00899. The molecule has 2 unspecified atom stereocenters. The van der Waals surface area contributed by atoms with E-state index in [4.69, 9.17) is 10.5 Å². The smallest absolute Gasteiger partial charge is 0.122 e. The molecule has 1 aromatic carbocycles. The van der Waals surface area contributed by atoms with Gasteiger partial charge < -0.3 is 15.6 Å². The Balaban J connectivity index is 2.71. The number of aliphatic hydroxyl groups is 1. The summed E-state index contributed by atoms with van der Waals surface area (Å²) in [5, 5.41) is 9.27. The van der Waals surface area contributed by atoms with Gasteiger partial charge in [-0.05, 0) is 32.0 Å². The first-order valence-electron chi connectivity index (χ1n) is 6.28. The van der Waals surface area contributed by atoms with Crippen molar-refractivity contribution in [2.24, 2.45) is 5.73 Å². The van der Waals surface area contributed by atoms with Crippen LogP contribution in [0.25, 0.3) is 0 Å². The van der Waals surface area contributed by atoms with E-state index in [0.29, 0.717) is 12.6 Å². The summed E-state index contributed by atoms with van der Waals surface area (Å²) in [6.45, 7) is 2.68. The zero-order valence-corrected chi connectivity index (χ0v) is 11.5. The van der Waals surface area contributed by atoms with Crippen LogP contribution in [-0.4, -0.2) is 49.4 Å². The maximum absolute atomic E-state index is 9.27. The van der Waals surface area contributed by atoms with E-state index in [1.807, 2.05) is 25.2 Å². The fraction of sp³-hybridized carbons (Fsp3) is 0.571. The van der Waals surface area contributed by atoms with E-state index in [2.05, 4.69) is 17.9 Å². The summed E-state index contributed by atoms with van der Waals surface area (Å²) in [6.07, 6.45) is 0.872. The Morgan fingerprint density at radius 1 is 1.39 bits per heavy atom. The number of ether oxygens (including phenoxy) is 1. The summed E-state index contributed by atoms with van der Waals surface area (Å²) in [4.78, 5) is 2.12. The number of methoxy groups -OCH3 is 1. The van der Waals surface area contributed by atoms with Crippen LogP contribution in [0.2, 0.25) is 0 Å². The molecule has 0 heterocycles. The first-order valence-corrected chi connectivity index (χ1v) is 6.28. The van der Waals surface area contributed by atoms with Crippen LogP contribution in [0.15, 0.2) is 24.3 Å². The Morgan fingerprint density at radius 3 is 2.61 bits per heavy atom. The summed E-state index contributed by atoms with van der Waals surface area (Å²) in [7, 11) is 3.68. The molecule has 0 fully saturated rings. The summed E-state index contributed by atoms with van der Waals surface area (Å²) < 4.78 is 5.35. The molecule has 0 bridgehead atoms. The Bertz CT molecular complexity index is 353. The van der Waals surface area contributed by atoms with Crippen molar-refractivity contribution in [3.05, 3.63) is 29.8 Å². The molecule has 2 atom stereocenters. The van der Waals surface area contributed by atoms with Crippen LogP contribution in [0.3, 0.4) is 0 Å². The zero-order chi connectivity index (χ0) is 13.5. The van der Waals surface area contributed by atoms with Crippen molar-refractivity contribution in [1.29, 1.82) is 0 Å². The van der Waals surface area contributed by atoms with Gasteiger partial charge in [0.2, 0.25) is 0 Å². The van der Waals surface area contributed by atoms with Gasteiger partial charge in [0.05, 0.1) is 13.7 Å². The first kappa shape index (κ1) is 15.0. The van der Waals surface area contributed by atoms with Crippen LogP contribution < -0.4 is 10.5 Å². The summed E-state index contributed by atoms with van der Waals surface area (Å²) >= 11 is 0. The Labute approximate surface area is 109 Å². The van der Waals surface area contributed by atoms with Gasteiger partial charge in [0.15, 0.2) is 0 Å². The maximum Gasteiger partial charge on any atom is 0.122 e. The van der Waals surface area contributed by atoms with Crippen molar-refractivity contribution >= 4 is 0 Å². The van der Waals surface area contributed by atoms with Gasteiger partial charge in [-0.1, -0.05) is 18.2 Å². The number of hydrogen-bond donors (Lipinski definition) is 2. The fourth-order valence-corrected chi connectivity index (χ4v) is 2.06. The zero-order valence-electron chi connectivity index (χ0n) is 11.5. The van der Waals surface area contributed by atoms with Crippen molar-refractivity contribution in [2.45, 2.75) is 25.4 Å². The lowest BCUT2D eigenvalue weighted by Crippen LogP contribution is -2.46. The lowest BCUT2D eigenvalue weighted by atomic mass is 10.0. The third-order valence-electron chi connectivity index (χ3n) is 3.46. The average molecular weight is 252 g/mol. The van der Waals surface area contributed by atoms with E-state index in [9.17, 15) is 5.11 Å². The summed E-state index contributed by atoms with van der Waals surface area (Å²) in [5.74, 6) is 0.908. The number of nitrogens with two attached hydrogens (primary N) is 1. The number of aliphatic hydroxyl groups excluding tert-OH is 1. The van der Waals surface area contributed by atoms with Crippen molar-refractivity contribution < 1.29 is 9.84 Å². The van der Waals surface area contributed by atoms with Crippen LogP contribution in [0.1, 0.15) is 12.5 Å². The molecule has 0 radical (unpaired) electrons. The molecule has 1 rings (SSSR count). The van der Waals surface area contributed by atoms with Crippen molar-refractivity contribution in [2.75, 3.05) is 27.3 Å². The second kappa shape index (κ2) is 7.36. The highest BCUT2D eigenvalue weighted by Crippen LogP contribution is 2.20. The molecule has 18 heavy (non-hydrogen) atoms. The van der Waals surface area contributed by atoms with Gasteiger partial charge in [0.25, 0.3) is 0 Å². The van der Waals surface area contributed by atoms with Gasteiger partial charge in [-0.3, -0.25) is 4.90 Å². The standard InChI is InChI=1S/C14H24N2O2/c1-11(16(2)13(9-15)10-17)8-12-6-4-5-7-14(12)18-3/h4-7,11,13,17H,8-10,15H2,1-3H3. The highest BCUT2D eigenvalue weighted by Gasteiger charge is 2.19. The van der Waals surface area contributed by atoms with Crippen LogP contribution in [0, 0.1) is 0 Å². The minimum Gasteiger partial charge on any atom is -0.496 e. The number of likely N-dealkylation sites (N-methyl/N-ethyl adjacent to an activating group) is 1. The first-order chi connectivity index (χ1) is 8.63. The summed E-state index contributed by atoms with van der Waals surface area (Å²) in [5.41, 5.74) is 6.82. The molecule has 0 aliphatic rings. The van der Waals surface area contributed by atoms with Gasteiger partial charge in [-0.25, -0.2) is 0 Å². The second-order valence-corrected chi connectivity index (χ2v) is 4.60. The molecule has 4 nitrogen and oxygen atoms in total. The molecule has 0 aromatic heterocycles. The van der Waals surface area contributed by atoms with Gasteiger partial charge >= 0.3 is 0 Å². The van der Waals surface area contributed by atoms with E-state index < -0.39 is 0 Å². The van der Waals surface area contributed by atoms with Gasteiger partial charge in [-0.2, -0.15) is 0 Å². The highest BCUT2D eigenvalue weighted by atomic mass is 16.5. The lowest BCUT2D eigenvalue weighted by Gasteiger charge is -2.31. The normalized spacial score (nSPS) is 14.6. The summed E-state index contributed by atoms with van der Waals surface area (Å²) in [6, 6.07) is 8.31. The van der Waals surface area contributed by atoms with Crippen molar-refractivity contribution in [3.63, 3.8) is 0 Å². The van der Waals surface area contributed by atoms with Gasteiger partial charge in [0.1, 0.15) is 5.75 Å². The molecule has 3 N–H and O–H groups in total. The third kappa shape index (κ3) is 3.70. The minimum atomic E-state index is 0.00899. The SMILES string of the molecule is COc1ccccc1CC(C)N(C)C(CN)CO. The van der Waals surface area contributed by atoms with Crippen molar-refractivity contribution in [1.82, 2.24) is 4.90 Å². The molecule has 0 aliphatic heterocycles. The van der Waals surface area contributed by atoms with E-state index in [1.54, 1.807) is 7.11 Å². The molecule has 0 saturated carbocycles. The number of nitrogens with zero attached hydrogens (tertiary/aromatic N) is 1. The van der Waals surface area contributed by atoms with Gasteiger partial charge in [-0.15, -0.1) is 0 Å². The largest absolute Gasteiger partial charge is 0.496 e. The number of para-hydroxylation sites is 1. The predicted molar refractivity (Wildman–Crippen MR) is 73.9 cm³/mol. The quantitative estimate of drug-likeness (QED) is 0.756. The van der Waals surface area contributed by atoms with Gasteiger partial charge in [0, 0.05) is 18.6 Å². The fourth-order valence-electron chi connectivity index (χ4n) is 2.06. The Kier molecular flexibility index (Phi) is 6.12. The maximum atomic E-state index is 9.27. The predicted octanol–water partition coefficient (Wildman–Crippen LogP) is 0.878. The number of rotatable bonds is 7. The molecule has 4 heteroatoms. The highest BCUT2D eigenvalue weighted by molar-refractivity contribution is 5.33. The Morgan fingerprint density at radius 2 is 2.06 bits per heavy atom. The lowest BCUT2D eigenvalue weighted by molar-refractivity contribution is 0.119. The molecule has 102 valence electrons. The topological polar surface area (TPSA) is 58.7 Å². The molecule has 0 spiro atoms. The molecule has 0 amide bonds. The van der Waals surface area contributed by atoms with Crippen LogP contribution >= 0.6 is 0 Å². The molecular weight excluding hydrogens is 228 g/mol. The molecular formula is C14H24N2O2. The third-order valence-corrected chi connectivity index (χ3v) is 3.46. The van der Waals surface area contributed by atoms with E-state index in [1.165, 1.54) is 5.56 Å². The average Bonchev–Trinajstić information content (AvgIpc) is 2.40. The molecule has 0 saturated heterocycles. The van der Waals surface area contributed by atoms with E-state index >= 15 is 0 Å².